The summed E-state index contributed by atoms with van der Waals surface area (Å²) in [6.07, 6.45) is 5.26. The Labute approximate surface area is 139 Å². The zero-order valence-electron chi connectivity index (χ0n) is 14.4. The summed E-state index contributed by atoms with van der Waals surface area (Å²) in [4.78, 5) is 0. The van der Waals surface area contributed by atoms with Gasteiger partial charge in [0.25, 0.3) is 0 Å². The minimum atomic E-state index is -1.10. The first-order valence-electron chi connectivity index (χ1n) is 8.98. The first-order chi connectivity index (χ1) is 11.2. The molecule has 0 aromatic heterocycles. The molecule has 6 heteroatoms. The van der Waals surface area contributed by atoms with Gasteiger partial charge < -0.3 is 29.2 Å². The number of methoxy groups -OCH3 is 1. The summed E-state index contributed by atoms with van der Waals surface area (Å²) < 4.78 is 22.1. The average molecular weight is 332 g/mol. The van der Waals surface area contributed by atoms with Gasteiger partial charge in [-0.3, -0.25) is 0 Å². The molecule has 0 amide bonds. The van der Waals surface area contributed by atoms with E-state index >= 15 is 0 Å². The molecule has 1 unspecified atom stereocenters. The summed E-state index contributed by atoms with van der Waals surface area (Å²) in [6.45, 7) is 2.58. The SMILES string of the molecule is CCCCCCCCCC1OC[C@H]2O[C@H](OC)[C@H](O)[C@@H](O)[C@H]2O1. The molecule has 2 aliphatic heterocycles. The van der Waals surface area contributed by atoms with Gasteiger partial charge in [-0.15, -0.1) is 0 Å². The van der Waals surface area contributed by atoms with E-state index in [1.807, 2.05) is 0 Å². The molecule has 0 aliphatic carbocycles. The molecular formula is C17H32O6. The van der Waals surface area contributed by atoms with E-state index in [0.717, 1.165) is 12.8 Å². The minimum Gasteiger partial charge on any atom is -0.387 e. The Hall–Kier alpha value is -0.240. The summed E-state index contributed by atoms with van der Waals surface area (Å²) in [5, 5.41) is 20.2. The van der Waals surface area contributed by atoms with E-state index in [9.17, 15) is 10.2 Å². The highest BCUT2D eigenvalue weighted by molar-refractivity contribution is 4.92. The molecular weight excluding hydrogens is 300 g/mol. The molecule has 2 fully saturated rings. The lowest BCUT2D eigenvalue weighted by molar-refractivity contribution is -0.356. The van der Waals surface area contributed by atoms with Crippen LogP contribution in [-0.2, 0) is 18.9 Å². The van der Waals surface area contributed by atoms with Gasteiger partial charge >= 0.3 is 0 Å². The van der Waals surface area contributed by atoms with Crippen molar-refractivity contribution in [2.75, 3.05) is 13.7 Å². The quantitative estimate of drug-likeness (QED) is 0.629. The van der Waals surface area contributed by atoms with Crippen molar-refractivity contribution in [2.45, 2.75) is 95.3 Å². The van der Waals surface area contributed by atoms with Crippen LogP contribution in [0.1, 0.15) is 58.3 Å². The predicted octanol–water partition coefficient (Wildman–Crippen LogP) is 1.96. The Morgan fingerprint density at radius 2 is 1.65 bits per heavy atom. The topological polar surface area (TPSA) is 77.4 Å². The lowest BCUT2D eigenvalue weighted by Crippen LogP contribution is -2.63. The number of unbranched alkanes of at least 4 members (excludes halogenated alkanes) is 6. The highest BCUT2D eigenvalue weighted by Crippen LogP contribution is 2.30. The molecule has 2 rings (SSSR count). The molecule has 0 saturated carbocycles. The molecule has 2 heterocycles. The standard InChI is InChI=1S/C17H32O6/c1-3-4-5-6-7-8-9-10-13-21-11-12-16(23-13)14(18)15(19)17(20-2)22-12/h12-19H,3-11H2,1-2H3/t12-,13?,14-,15-,16+,17+/m1/s1. The van der Waals surface area contributed by atoms with E-state index in [1.54, 1.807) is 0 Å². The molecule has 0 aromatic rings. The largest absolute Gasteiger partial charge is 0.387 e. The lowest BCUT2D eigenvalue weighted by Gasteiger charge is -2.45. The maximum atomic E-state index is 10.2. The van der Waals surface area contributed by atoms with Gasteiger partial charge in [0.2, 0.25) is 0 Å². The van der Waals surface area contributed by atoms with Gasteiger partial charge in [-0.25, -0.2) is 0 Å². The molecule has 0 radical (unpaired) electrons. The first kappa shape index (κ1) is 19.1. The van der Waals surface area contributed by atoms with Gasteiger partial charge in [-0.05, 0) is 12.8 Å². The van der Waals surface area contributed by atoms with Crippen molar-refractivity contribution in [3.63, 3.8) is 0 Å². The van der Waals surface area contributed by atoms with E-state index < -0.39 is 30.7 Å². The fourth-order valence-corrected chi connectivity index (χ4v) is 3.24. The Bertz CT molecular complexity index is 324. The van der Waals surface area contributed by atoms with E-state index in [2.05, 4.69) is 6.92 Å². The van der Waals surface area contributed by atoms with Crippen LogP contribution in [0.5, 0.6) is 0 Å². The summed E-state index contributed by atoms with van der Waals surface area (Å²) in [6, 6.07) is 0. The maximum absolute atomic E-state index is 10.2. The van der Waals surface area contributed by atoms with Crippen molar-refractivity contribution >= 4 is 0 Å². The molecule has 6 nitrogen and oxygen atoms in total. The van der Waals surface area contributed by atoms with Crippen LogP contribution < -0.4 is 0 Å². The molecule has 2 saturated heterocycles. The summed E-state index contributed by atoms with van der Waals surface area (Å²) in [7, 11) is 1.44. The first-order valence-corrected chi connectivity index (χ1v) is 8.98. The van der Waals surface area contributed by atoms with Crippen LogP contribution in [0.3, 0.4) is 0 Å². The zero-order chi connectivity index (χ0) is 16.7. The van der Waals surface area contributed by atoms with Crippen molar-refractivity contribution in [2.24, 2.45) is 0 Å². The molecule has 2 N–H and O–H groups in total. The van der Waals surface area contributed by atoms with E-state index in [4.69, 9.17) is 18.9 Å². The summed E-state index contributed by atoms with van der Waals surface area (Å²) in [5.41, 5.74) is 0. The number of rotatable bonds is 9. The second-order valence-corrected chi connectivity index (χ2v) is 6.53. The number of aliphatic hydroxyl groups is 2. The lowest BCUT2D eigenvalue weighted by atomic mass is 9.98. The molecule has 2 aliphatic rings. The molecule has 6 atom stereocenters. The second-order valence-electron chi connectivity index (χ2n) is 6.53. The number of fused-ring (bicyclic) bond motifs is 1. The van der Waals surface area contributed by atoms with E-state index in [-0.39, 0.29) is 6.29 Å². The minimum absolute atomic E-state index is 0.323. The summed E-state index contributed by atoms with van der Waals surface area (Å²) >= 11 is 0. The highest BCUT2D eigenvalue weighted by atomic mass is 16.7. The van der Waals surface area contributed by atoms with Gasteiger partial charge in [0.1, 0.15) is 24.4 Å². The van der Waals surface area contributed by atoms with Gasteiger partial charge in [0.15, 0.2) is 12.6 Å². The Morgan fingerprint density at radius 3 is 2.35 bits per heavy atom. The molecule has 0 spiro atoms. The number of aliphatic hydroxyl groups excluding tert-OH is 2. The van der Waals surface area contributed by atoms with Crippen LogP contribution in [0.15, 0.2) is 0 Å². The van der Waals surface area contributed by atoms with Crippen LogP contribution in [-0.4, -0.2) is 60.9 Å². The van der Waals surface area contributed by atoms with Crippen molar-refractivity contribution in [3.05, 3.63) is 0 Å². The fourth-order valence-electron chi connectivity index (χ4n) is 3.24. The van der Waals surface area contributed by atoms with Crippen LogP contribution in [0, 0.1) is 0 Å². The zero-order valence-corrected chi connectivity index (χ0v) is 14.4. The third kappa shape index (κ3) is 5.37. The number of hydrogen-bond donors (Lipinski definition) is 2. The van der Waals surface area contributed by atoms with Crippen LogP contribution in [0.2, 0.25) is 0 Å². The van der Waals surface area contributed by atoms with E-state index in [1.165, 1.54) is 45.6 Å². The number of hydrogen-bond acceptors (Lipinski definition) is 6. The molecule has 23 heavy (non-hydrogen) atoms. The van der Waals surface area contributed by atoms with Crippen molar-refractivity contribution in [1.82, 2.24) is 0 Å². The maximum Gasteiger partial charge on any atom is 0.186 e. The van der Waals surface area contributed by atoms with E-state index in [0.29, 0.717) is 6.61 Å². The molecule has 0 aromatic carbocycles. The van der Waals surface area contributed by atoms with Gasteiger partial charge in [0, 0.05) is 7.11 Å². The third-order valence-electron chi connectivity index (χ3n) is 4.67. The third-order valence-corrected chi connectivity index (χ3v) is 4.67. The molecule has 0 bridgehead atoms. The smallest absolute Gasteiger partial charge is 0.186 e. The van der Waals surface area contributed by atoms with Crippen LogP contribution >= 0.6 is 0 Å². The predicted molar refractivity (Wildman–Crippen MR) is 84.9 cm³/mol. The van der Waals surface area contributed by atoms with Crippen molar-refractivity contribution in [1.29, 1.82) is 0 Å². The normalized spacial score (nSPS) is 37.6. The monoisotopic (exact) mass is 332 g/mol. The Balaban J connectivity index is 1.66. The van der Waals surface area contributed by atoms with Gasteiger partial charge in [0.05, 0.1) is 6.61 Å². The number of ether oxygens (including phenoxy) is 4. The highest BCUT2D eigenvalue weighted by Gasteiger charge is 2.48. The van der Waals surface area contributed by atoms with Crippen LogP contribution in [0.25, 0.3) is 0 Å². The second kappa shape index (κ2) is 9.91. The molecule has 136 valence electrons. The van der Waals surface area contributed by atoms with Crippen molar-refractivity contribution in [3.8, 4) is 0 Å². The van der Waals surface area contributed by atoms with Crippen LogP contribution in [0.4, 0.5) is 0 Å². The Kier molecular flexibility index (Phi) is 8.23. The van der Waals surface area contributed by atoms with Crippen molar-refractivity contribution < 1.29 is 29.2 Å². The fraction of sp³-hybridized carbons (Fsp3) is 1.00. The summed E-state index contributed by atoms with van der Waals surface area (Å²) in [5.74, 6) is 0. The van der Waals surface area contributed by atoms with Gasteiger partial charge in [-0.1, -0.05) is 45.4 Å². The average Bonchev–Trinajstić information content (AvgIpc) is 2.57. The Morgan fingerprint density at radius 1 is 0.957 bits per heavy atom. The van der Waals surface area contributed by atoms with Gasteiger partial charge in [-0.2, -0.15) is 0 Å².